The number of fused-ring (bicyclic) bond motifs is 3. The summed E-state index contributed by atoms with van der Waals surface area (Å²) < 4.78 is 12.6. The number of ketones is 1. The molecule has 0 saturated carbocycles. The number of carbonyl (C=O) groups excluding carboxylic acids is 1. The van der Waals surface area contributed by atoms with E-state index in [1.165, 1.54) is 0 Å². The number of Topliss-reactive ketones (excluding diaryl/α,β-unsaturated/α-hetero) is 1. The van der Waals surface area contributed by atoms with Crippen molar-refractivity contribution < 1.29 is 9.53 Å². The molecule has 0 aliphatic carbocycles. The summed E-state index contributed by atoms with van der Waals surface area (Å²) in [4.78, 5) is 40.5. The van der Waals surface area contributed by atoms with Crippen LogP contribution in [0.1, 0.15) is 50.5 Å². The van der Waals surface area contributed by atoms with Crippen LogP contribution in [0.5, 0.6) is 11.5 Å². The summed E-state index contributed by atoms with van der Waals surface area (Å²) in [6.07, 6.45) is 5.52. The first-order valence-corrected chi connectivity index (χ1v) is 23.3. The zero-order chi connectivity index (χ0) is 45.3. The molecule has 0 amide bonds. The number of para-hydroxylation sites is 1. The van der Waals surface area contributed by atoms with Crippen LogP contribution < -0.4 is 30.9 Å². The Morgan fingerprint density at radius 2 is 1.76 bits per heavy atom. The number of nitrogens with one attached hydrogen (secondary N) is 4. The van der Waals surface area contributed by atoms with Crippen molar-refractivity contribution in [1.82, 2.24) is 59.5 Å². The van der Waals surface area contributed by atoms with Crippen LogP contribution in [0, 0.1) is 6.92 Å². The number of allylic oxidation sites excluding steroid dienone is 1. The number of imidazole rings is 1. The second kappa shape index (κ2) is 18.6. The summed E-state index contributed by atoms with van der Waals surface area (Å²) in [7, 11) is 0. The minimum absolute atomic E-state index is 0.0677. The van der Waals surface area contributed by atoms with Gasteiger partial charge in [0, 0.05) is 55.8 Å². The molecule has 2 aliphatic rings. The Bertz CT molecular complexity index is 3040. The lowest BCUT2D eigenvalue weighted by atomic mass is 10.1. The second-order valence-electron chi connectivity index (χ2n) is 17.3. The van der Waals surface area contributed by atoms with Gasteiger partial charge in [0.25, 0.3) is 0 Å². The minimum Gasteiger partial charge on any atom is -0.457 e. The number of ether oxygens (including phenoxy) is 1. The highest BCUT2D eigenvalue weighted by molar-refractivity contribution is 9.10. The van der Waals surface area contributed by atoms with Crippen molar-refractivity contribution in [3.63, 3.8) is 0 Å². The maximum atomic E-state index is 13.9. The number of carbonyl (C=O) groups is 1. The van der Waals surface area contributed by atoms with Crippen LogP contribution in [0.15, 0.2) is 102 Å². The van der Waals surface area contributed by atoms with E-state index in [9.17, 15) is 4.79 Å². The maximum Gasteiger partial charge on any atom is 0.230 e. The number of piperidine rings is 1. The number of piperazine rings is 1. The second-order valence-corrected chi connectivity index (χ2v) is 18.1. The Morgan fingerprint density at radius 1 is 0.955 bits per heavy atom. The first kappa shape index (κ1) is 43.1. The summed E-state index contributed by atoms with van der Waals surface area (Å²) in [6.45, 7) is 14.9. The summed E-state index contributed by atoms with van der Waals surface area (Å²) in [5.74, 6) is 3.92. The van der Waals surface area contributed by atoms with Crippen LogP contribution >= 0.6 is 15.9 Å². The lowest BCUT2D eigenvalue weighted by Crippen LogP contribution is -2.54. The van der Waals surface area contributed by atoms with Gasteiger partial charge in [-0.3, -0.25) is 4.79 Å². The zero-order valence-electron chi connectivity index (χ0n) is 37.2. The summed E-state index contributed by atoms with van der Waals surface area (Å²) >= 11 is 3.63. The third-order valence-electron chi connectivity index (χ3n) is 12.1. The van der Waals surface area contributed by atoms with Gasteiger partial charge in [0.1, 0.15) is 35.2 Å². The molecule has 3 atom stereocenters. The number of halogens is 1. The van der Waals surface area contributed by atoms with Crippen molar-refractivity contribution >= 4 is 67.1 Å². The lowest BCUT2D eigenvalue weighted by Gasteiger charge is -2.36. The molecule has 2 fully saturated rings. The molecule has 66 heavy (non-hydrogen) atoms. The largest absolute Gasteiger partial charge is 0.457 e. The van der Waals surface area contributed by atoms with Crippen molar-refractivity contribution in [2.24, 2.45) is 0 Å². The Morgan fingerprint density at radius 3 is 2.55 bits per heavy atom. The Labute approximate surface area is 390 Å². The topological polar surface area (TPSA) is 182 Å². The van der Waals surface area contributed by atoms with Gasteiger partial charge < -0.3 is 35.5 Å². The standard InChI is InChI=1S/C48H52BrN15O2/c1-29-12-17-39-38(21-29)57-41(24-52-47-59-48(58-45-37(49)23-55-64(45)47)61-26-31(3)56-32(4)27-61)62(39)25-30(2)40(65)18-20-51-44-42-43(33-13-15-36(16-14-33)66-35-10-6-5-7-11-35)60-63(46(42)54-28-53-44)34-9-8-19-50-22-34/h5-7,10-17,21,23,28,31-32,34,50,56H,2,8-9,18-20,22,24-27H2,1,3-4H3,(H,51,53,54)(H,52,58,59)/t31-,32+,34-/m1/s1. The summed E-state index contributed by atoms with van der Waals surface area (Å²) in [5, 5.41) is 24.6. The molecule has 10 rings (SSSR count). The molecule has 8 aromatic rings. The molecular weight excluding hydrogens is 899 g/mol. The first-order valence-electron chi connectivity index (χ1n) is 22.5. The predicted molar refractivity (Wildman–Crippen MR) is 260 cm³/mol. The highest BCUT2D eigenvalue weighted by Gasteiger charge is 2.27. The van der Waals surface area contributed by atoms with E-state index in [1.54, 1.807) is 17.0 Å². The summed E-state index contributed by atoms with van der Waals surface area (Å²) in [5.41, 5.74) is 6.37. The molecule has 7 heterocycles. The van der Waals surface area contributed by atoms with E-state index >= 15 is 0 Å². The van der Waals surface area contributed by atoms with E-state index in [2.05, 4.69) is 84.3 Å². The highest BCUT2D eigenvalue weighted by atomic mass is 79.9. The fraction of sp³-hybridized carbons (Fsp3) is 0.333. The zero-order valence-corrected chi connectivity index (χ0v) is 38.8. The highest BCUT2D eigenvalue weighted by Crippen LogP contribution is 2.35. The van der Waals surface area contributed by atoms with E-state index in [-0.39, 0.29) is 36.9 Å². The molecule has 0 radical (unpaired) electrons. The number of aromatic nitrogens is 10. The van der Waals surface area contributed by atoms with Crippen LogP contribution in [0.3, 0.4) is 0 Å². The molecule has 4 N–H and O–H groups in total. The van der Waals surface area contributed by atoms with E-state index in [0.29, 0.717) is 42.0 Å². The molecule has 0 bridgehead atoms. The number of hydrogen-bond acceptors (Lipinski definition) is 14. The smallest absolute Gasteiger partial charge is 0.230 e. The first-order chi connectivity index (χ1) is 32.1. The Hall–Kier alpha value is -6.76. The molecule has 0 spiro atoms. The Kier molecular flexibility index (Phi) is 12.2. The van der Waals surface area contributed by atoms with Gasteiger partial charge in [-0.05, 0) is 110 Å². The third-order valence-corrected chi connectivity index (χ3v) is 12.7. The number of benzene rings is 3. The normalized spacial score (nSPS) is 17.7. The van der Waals surface area contributed by atoms with Gasteiger partial charge in [0.15, 0.2) is 17.1 Å². The predicted octanol–water partition coefficient (Wildman–Crippen LogP) is 7.49. The van der Waals surface area contributed by atoms with Crippen LogP contribution in [-0.2, 0) is 17.9 Å². The minimum atomic E-state index is -0.0677. The molecule has 2 saturated heterocycles. The van der Waals surface area contributed by atoms with Gasteiger partial charge in [0.05, 0.1) is 46.2 Å². The third kappa shape index (κ3) is 8.95. The average Bonchev–Trinajstić information content (AvgIpc) is 4.01. The van der Waals surface area contributed by atoms with Gasteiger partial charge in [0.2, 0.25) is 11.9 Å². The molecule has 18 heteroatoms. The van der Waals surface area contributed by atoms with Crippen molar-refractivity contribution in [2.75, 3.05) is 48.3 Å². The molecule has 17 nitrogen and oxygen atoms in total. The maximum absolute atomic E-state index is 13.9. The van der Waals surface area contributed by atoms with Gasteiger partial charge in [-0.1, -0.05) is 30.8 Å². The van der Waals surface area contributed by atoms with Gasteiger partial charge in [-0.15, -0.1) is 0 Å². The van der Waals surface area contributed by atoms with Crippen molar-refractivity contribution in [1.29, 1.82) is 0 Å². The van der Waals surface area contributed by atoms with E-state index in [4.69, 9.17) is 34.8 Å². The molecule has 338 valence electrons. The van der Waals surface area contributed by atoms with Gasteiger partial charge in [-0.2, -0.15) is 24.7 Å². The van der Waals surface area contributed by atoms with Crippen molar-refractivity contribution in [3.05, 3.63) is 113 Å². The number of hydrogen-bond donors (Lipinski definition) is 4. The molecule has 0 unspecified atom stereocenters. The van der Waals surface area contributed by atoms with Gasteiger partial charge >= 0.3 is 0 Å². The molecule has 2 aliphatic heterocycles. The van der Waals surface area contributed by atoms with Crippen LogP contribution in [0.2, 0.25) is 0 Å². The fourth-order valence-electron chi connectivity index (χ4n) is 9.01. The van der Waals surface area contributed by atoms with E-state index in [0.717, 1.165) is 99.7 Å². The van der Waals surface area contributed by atoms with Gasteiger partial charge in [-0.25, -0.2) is 19.6 Å². The molecular formula is C48H52BrN15O2. The summed E-state index contributed by atoms with van der Waals surface area (Å²) in [6, 6.07) is 24.5. The average molecular weight is 951 g/mol. The van der Waals surface area contributed by atoms with Crippen LogP contribution in [0.25, 0.3) is 39.0 Å². The monoisotopic (exact) mass is 949 g/mol. The van der Waals surface area contributed by atoms with E-state index in [1.807, 2.05) is 72.3 Å². The molecule has 3 aromatic carbocycles. The Balaban J connectivity index is 0.868. The quantitative estimate of drug-likeness (QED) is 0.0742. The fourth-order valence-corrected chi connectivity index (χ4v) is 9.35. The number of rotatable bonds is 15. The molecule has 5 aromatic heterocycles. The van der Waals surface area contributed by atoms with Crippen LogP contribution in [0.4, 0.5) is 17.7 Å². The van der Waals surface area contributed by atoms with Crippen molar-refractivity contribution in [3.8, 4) is 22.8 Å². The number of anilines is 3. The van der Waals surface area contributed by atoms with Crippen LogP contribution in [-0.4, -0.2) is 99.5 Å². The number of nitrogens with zero attached hydrogens (tertiary/aromatic N) is 11. The lowest BCUT2D eigenvalue weighted by molar-refractivity contribution is -0.115. The SMILES string of the molecule is C=C(Cn1c(CNc2nc(N3C[C@@H](C)N[C@@H](C)C3)nc3c(Br)cnn23)nc2cc(C)ccc21)C(=O)CCNc1ncnc2c1c(-c1ccc(Oc3ccccc3)cc1)nn2[C@@H]1CCCNC1. The van der Waals surface area contributed by atoms with E-state index < -0.39 is 0 Å². The number of aryl methyl sites for hydroxylation is 1. The van der Waals surface area contributed by atoms with Crippen molar-refractivity contribution in [2.45, 2.75) is 71.2 Å².